The first-order valence-corrected chi connectivity index (χ1v) is 5.73. The molecule has 0 aliphatic rings. The molecule has 19 heavy (non-hydrogen) atoms. The maximum absolute atomic E-state index is 10.7. The van der Waals surface area contributed by atoms with Gasteiger partial charge in [0, 0.05) is 19.0 Å². The van der Waals surface area contributed by atoms with E-state index in [1.807, 2.05) is 24.3 Å². The molecule has 0 amide bonds. The zero-order valence-electron chi connectivity index (χ0n) is 10.5. The van der Waals surface area contributed by atoms with Crippen LogP contribution in [-0.2, 0) is 11.3 Å². The van der Waals surface area contributed by atoms with Gasteiger partial charge in [-0.05, 0) is 29.8 Å². The van der Waals surface area contributed by atoms with E-state index < -0.39 is 5.97 Å². The Balaban J connectivity index is 2.12. The molecule has 0 bridgehead atoms. The number of nitrogens with zero attached hydrogens (tertiary/aromatic N) is 1. The lowest BCUT2D eigenvalue weighted by molar-refractivity contribution is 0.0696. The molecule has 5 heteroatoms. The van der Waals surface area contributed by atoms with Crippen LogP contribution in [0.5, 0.6) is 0 Å². The van der Waals surface area contributed by atoms with Crippen LogP contribution in [0.1, 0.15) is 15.9 Å². The largest absolute Gasteiger partial charge is 0.478 e. The predicted molar refractivity (Wildman–Crippen MR) is 71.6 cm³/mol. The Morgan fingerprint density at radius 3 is 2.84 bits per heavy atom. The molecule has 0 saturated heterocycles. The summed E-state index contributed by atoms with van der Waals surface area (Å²) in [5, 5.41) is 11.9. The Labute approximate surface area is 110 Å². The maximum Gasteiger partial charge on any atom is 0.337 e. The van der Waals surface area contributed by atoms with Gasteiger partial charge in [-0.1, -0.05) is 12.1 Å². The zero-order chi connectivity index (χ0) is 13.7. The number of hydrogen-bond donors (Lipinski definition) is 2. The molecule has 0 atom stereocenters. The Morgan fingerprint density at radius 2 is 2.21 bits per heavy atom. The van der Waals surface area contributed by atoms with Crippen LogP contribution in [0.25, 0.3) is 0 Å². The molecular weight excluding hydrogens is 244 g/mol. The molecule has 0 fully saturated rings. The van der Waals surface area contributed by atoms with E-state index >= 15 is 0 Å². The van der Waals surface area contributed by atoms with Gasteiger partial charge in [0.2, 0.25) is 0 Å². The highest BCUT2D eigenvalue weighted by atomic mass is 16.5. The summed E-state index contributed by atoms with van der Waals surface area (Å²) in [7, 11) is 1.65. The van der Waals surface area contributed by atoms with Crippen LogP contribution in [0.2, 0.25) is 0 Å². The van der Waals surface area contributed by atoms with Crippen LogP contribution in [0.3, 0.4) is 0 Å². The SMILES string of the molecule is COCc1cccc(Nc2ccc(C(=O)O)cn2)c1. The Morgan fingerprint density at radius 1 is 1.37 bits per heavy atom. The number of pyridine rings is 1. The summed E-state index contributed by atoms with van der Waals surface area (Å²) in [4.78, 5) is 14.8. The van der Waals surface area contributed by atoms with Crippen molar-refractivity contribution < 1.29 is 14.6 Å². The summed E-state index contributed by atoms with van der Waals surface area (Å²) in [6.45, 7) is 0.543. The number of benzene rings is 1. The summed E-state index contributed by atoms with van der Waals surface area (Å²) < 4.78 is 5.07. The minimum Gasteiger partial charge on any atom is -0.478 e. The van der Waals surface area contributed by atoms with E-state index in [0.717, 1.165) is 11.3 Å². The molecule has 2 aromatic rings. The van der Waals surface area contributed by atoms with Crippen LogP contribution in [0.15, 0.2) is 42.6 Å². The van der Waals surface area contributed by atoms with Gasteiger partial charge < -0.3 is 15.2 Å². The van der Waals surface area contributed by atoms with Crippen molar-refractivity contribution >= 4 is 17.5 Å². The second kappa shape index (κ2) is 5.97. The van der Waals surface area contributed by atoms with Crippen molar-refractivity contribution in [3.05, 3.63) is 53.7 Å². The molecule has 0 saturated carbocycles. The molecule has 5 nitrogen and oxygen atoms in total. The summed E-state index contributed by atoms with van der Waals surface area (Å²) >= 11 is 0. The van der Waals surface area contributed by atoms with Gasteiger partial charge in [-0.15, -0.1) is 0 Å². The van der Waals surface area contributed by atoms with E-state index in [9.17, 15) is 4.79 Å². The van der Waals surface area contributed by atoms with Crippen molar-refractivity contribution in [2.24, 2.45) is 0 Å². The summed E-state index contributed by atoms with van der Waals surface area (Å²) in [6, 6.07) is 10.9. The van der Waals surface area contributed by atoms with E-state index in [-0.39, 0.29) is 5.56 Å². The number of carbonyl (C=O) groups is 1. The van der Waals surface area contributed by atoms with Crippen molar-refractivity contribution in [3.8, 4) is 0 Å². The van der Waals surface area contributed by atoms with Crippen LogP contribution in [-0.4, -0.2) is 23.2 Å². The third-order valence-electron chi connectivity index (χ3n) is 2.52. The molecule has 0 unspecified atom stereocenters. The number of ether oxygens (including phenoxy) is 1. The first-order valence-electron chi connectivity index (χ1n) is 5.73. The lowest BCUT2D eigenvalue weighted by atomic mass is 10.2. The van der Waals surface area contributed by atoms with E-state index in [4.69, 9.17) is 9.84 Å². The molecular formula is C14H14N2O3. The van der Waals surface area contributed by atoms with Crippen molar-refractivity contribution in [1.29, 1.82) is 0 Å². The highest BCUT2D eigenvalue weighted by Crippen LogP contribution is 2.16. The summed E-state index contributed by atoms with van der Waals surface area (Å²) in [5.74, 6) is -0.388. The van der Waals surface area contributed by atoms with Crippen molar-refractivity contribution in [3.63, 3.8) is 0 Å². The minimum absolute atomic E-state index is 0.165. The molecule has 98 valence electrons. The van der Waals surface area contributed by atoms with Crippen LogP contribution in [0, 0.1) is 0 Å². The van der Waals surface area contributed by atoms with Crippen molar-refractivity contribution in [1.82, 2.24) is 4.98 Å². The normalized spacial score (nSPS) is 10.2. The van der Waals surface area contributed by atoms with Crippen molar-refractivity contribution in [2.45, 2.75) is 6.61 Å². The van der Waals surface area contributed by atoms with Gasteiger partial charge in [0.1, 0.15) is 5.82 Å². The Hall–Kier alpha value is -2.40. The highest BCUT2D eigenvalue weighted by molar-refractivity contribution is 5.87. The second-order valence-corrected chi connectivity index (χ2v) is 4.00. The van der Waals surface area contributed by atoms with Gasteiger partial charge in [-0.2, -0.15) is 0 Å². The lowest BCUT2D eigenvalue weighted by Crippen LogP contribution is -1.99. The molecule has 0 radical (unpaired) electrons. The first-order chi connectivity index (χ1) is 9.19. The summed E-state index contributed by atoms with van der Waals surface area (Å²) in [6.07, 6.45) is 1.32. The average Bonchev–Trinajstić information content (AvgIpc) is 2.40. The minimum atomic E-state index is -0.985. The topological polar surface area (TPSA) is 71.5 Å². The number of nitrogens with one attached hydrogen (secondary N) is 1. The Bertz CT molecular complexity index is 567. The molecule has 1 heterocycles. The number of anilines is 2. The van der Waals surface area contributed by atoms with E-state index in [0.29, 0.717) is 12.4 Å². The molecule has 0 aliphatic carbocycles. The van der Waals surface area contributed by atoms with Crippen LogP contribution < -0.4 is 5.32 Å². The van der Waals surface area contributed by atoms with E-state index in [1.54, 1.807) is 13.2 Å². The van der Waals surface area contributed by atoms with Gasteiger partial charge in [0.25, 0.3) is 0 Å². The second-order valence-electron chi connectivity index (χ2n) is 4.00. The molecule has 0 spiro atoms. The fourth-order valence-corrected chi connectivity index (χ4v) is 1.65. The van der Waals surface area contributed by atoms with Crippen molar-refractivity contribution in [2.75, 3.05) is 12.4 Å². The number of methoxy groups -OCH3 is 1. The molecule has 2 rings (SSSR count). The smallest absolute Gasteiger partial charge is 0.337 e. The van der Waals surface area contributed by atoms with Crippen LogP contribution in [0.4, 0.5) is 11.5 Å². The third-order valence-corrected chi connectivity index (χ3v) is 2.52. The fourth-order valence-electron chi connectivity index (χ4n) is 1.65. The fraction of sp³-hybridized carbons (Fsp3) is 0.143. The number of hydrogen-bond acceptors (Lipinski definition) is 4. The summed E-state index contributed by atoms with van der Waals surface area (Å²) in [5.41, 5.74) is 2.10. The number of aromatic nitrogens is 1. The van der Waals surface area contributed by atoms with Gasteiger partial charge >= 0.3 is 5.97 Å². The van der Waals surface area contributed by atoms with Gasteiger partial charge in [-0.25, -0.2) is 9.78 Å². The number of carboxylic acid groups (broad SMARTS) is 1. The Kier molecular flexibility index (Phi) is 4.10. The average molecular weight is 258 g/mol. The monoisotopic (exact) mass is 258 g/mol. The first kappa shape index (κ1) is 13.0. The van der Waals surface area contributed by atoms with E-state index in [2.05, 4.69) is 10.3 Å². The molecule has 1 aromatic heterocycles. The zero-order valence-corrected chi connectivity index (χ0v) is 10.5. The quantitative estimate of drug-likeness (QED) is 0.862. The number of rotatable bonds is 5. The standard InChI is InChI=1S/C14H14N2O3/c1-19-9-10-3-2-4-12(7-10)16-13-6-5-11(8-15-13)14(17)18/h2-8H,9H2,1H3,(H,15,16)(H,17,18). The van der Waals surface area contributed by atoms with Crippen LogP contribution >= 0.6 is 0 Å². The van der Waals surface area contributed by atoms with Gasteiger partial charge in [-0.3, -0.25) is 0 Å². The lowest BCUT2D eigenvalue weighted by Gasteiger charge is -2.07. The molecule has 2 N–H and O–H groups in total. The number of carboxylic acids is 1. The number of aromatic carboxylic acids is 1. The molecule has 1 aromatic carbocycles. The highest BCUT2D eigenvalue weighted by Gasteiger charge is 2.03. The third kappa shape index (κ3) is 3.53. The molecule has 0 aliphatic heterocycles. The maximum atomic E-state index is 10.7. The van der Waals surface area contributed by atoms with E-state index in [1.165, 1.54) is 12.3 Å². The predicted octanol–water partition coefficient (Wildman–Crippen LogP) is 2.67. The van der Waals surface area contributed by atoms with Gasteiger partial charge in [0.05, 0.1) is 12.2 Å². The van der Waals surface area contributed by atoms with Gasteiger partial charge in [0.15, 0.2) is 0 Å².